The predicted octanol–water partition coefficient (Wildman–Crippen LogP) is 3.52. The topological polar surface area (TPSA) is 77.1 Å². The van der Waals surface area contributed by atoms with Gasteiger partial charge in [-0.1, -0.05) is 12.1 Å². The Morgan fingerprint density at radius 2 is 1.81 bits per heavy atom. The summed E-state index contributed by atoms with van der Waals surface area (Å²) in [5.41, 5.74) is 1.76. The van der Waals surface area contributed by atoms with Crippen molar-refractivity contribution in [2.75, 3.05) is 44.8 Å². The van der Waals surface area contributed by atoms with Crippen LogP contribution in [0.5, 0.6) is 11.5 Å². The van der Waals surface area contributed by atoms with Crippen LogP contribution in [-0.2, 0) is 22.4 Å². The van der Waals surface area contributed by atoms with Crippen molar-refractivity contribution >= 4 is 28.2 Å². The fourth-order valence-electron chi connectivity index (χ4n) is 3.95. The van der Waals surface area contributed by atoms with Crippen LogP contribution in [0, 0.1) is 0 Å². The number of thiophene rings is 1. The molecule has 1 saturated heterocycles. The lowest BCUT2D eigenvalue weighted by Gasteiger charge is -2.27. The molecule has 1 N–H and O–H groups in total. The summed E-state index contributed by atoms with van der Waals surface area (Å²) in [7, 11) is 0. The lowest BCUT2D eigenvalue weighted by molar-refractivity contribution is -0.118. The minimum Gasteiger partial charge on any atom is -0.490 e. The van der Waals surface area contributed by atoms with Crippen LogP contribution in [0.1, 0.15) is 40.6 Å². The summed E-state index contributed by atoms with van der Waals surface area (Å²) in [6.07, 6.45) is 4.02. The number of fused-ring (bicyclic) bond motifs is 1. The van der Waals surface area contributed by atoms with Gasteiger partial charge in [0, 0.05) is 18.0 Å². The molecule has 1 aliphatic carbocycles. The van der Waals surface area contributed by atoms with Gasteiger partial charge in [0.1, 0.15) is 5.00 Å². The van der Waals surface area contributed by atoms with Crippen LogP contribution in [0.2, 0.25) is 0 Å². The minimum absolute atomic E-state index is 0.0133. The number of hydrogen-bond acceptors (Lipinski definition) is 6. The van der Waals surface area contributed by atoms with Crippen molar-refractivity contribution in [3.05, 3.63) is 40.3 Å². The number of ether oxygens (including phenoxy) is 3. The van der Waals surface area contributed by atoms with E-state index in [-0.39, 0.29) is 18.4 Å². The summed E-state index contributed by atoms with van der Waals surface area (Å²) in [5.74, 6) is 0.823. The number of nitrogens with one attached hydrogen (secondary N) is 1. The molecule has 2 amide bonds. The Morgan fingerprint density at radius 3 is 2.55 bits per heavy atom. The fourth-order valence-corrected chi connectivity index (χ4v) is 5.25. The van der Waals surface area contributed by atoms with Gasteiger partial charge in [0.2, 0.25) is 0 Å². The van der Waals surface area contributed by atoms with Crippen molar-refractivity contribution in [2.24, 2.45) is 0 Å². The lowest BCUT2D eigenvalue weighted by Crippen LogP contribution is -2.41. The normalized spacial score (nSPS) is 15.8. The highest BCUT2D eigenvalue weighted by Crippen LogP contribution is 2.39. The van der Waals surface area contributed by atoms with Gasteiger partial charge in [0.15, 0.2) is 18.1 Å². The number of hydrogen-bond donors (Lipinski definition) is 1. The van der Waals surface area contributed by atoms with Crippen LogP contribution in [0.3, 0.4) is 0 Å². The number of rotatable bonds is 7. The molecule has 1 fully saturated rings. The van der Waals surface area contributed by atoms with E-state index in [0.29, 0.717) is 55.0 Å². The predicted molar refractivity (Wildman–Crippen MR) is 119 cm³/mol. The maximum Gasteiger partial charge on any atom is 0.262 e. The van der Waals surface area contributed by atoms with E-state index < -0.39 is 0 Å². The van der Waals surface area contributed by atoms with Crippen LogP contribution >= 0.6 is 11.3 Å². The maximum absolute atomic E-state index is 13.3. The molecule has 1 aromatic heterocycles. The molecule has 8 heteroatoms. The van der Waals surface area contributed by atoms with Crippen LogP contribution in [0.25, 0.3) is 0 Å². The van der Waals surface area contributed by atoms with Crippen LogP contribution < -0.4 is 14.8 Å². The Labute approximate surface area is 186 Å². The maximum atomic E-state index is 13.3. The Bertz CT molecular complexity index is 936. The summed E-state index contributed by atoms with van der Waals surface area (Å²) in [5, 5.41) is 3.58. The molecule has 2 aromatic rings. The van der Waals surface area contributed by atoms with Crippen molar-refractivity contribution in [3.8, 4) is 11.5 Å². The standard InChI is InChI=1S/C23H28N2O5S/c1-2-29-17-8-4-5-9-18(17)30-15-20(26)24-22-21(16-7-3-6-10-19(16)31-22)23(27)25-11-13-28-14-12-25/h4-5,8-9H,2-3,6-7,10-15H2,1H3,(H,24,26). The largest absolute Gasteiger partial charge is 0.490 e. The first-order valence-corrected chi connectivity index (χ1v) is 11.6. The quantitative estimate of drug-likeness (QED) is 0.707. The van der Waals surface area contributed by atoms with Gasteiger partial charge in [-0.2, -0.15) is 0 Å². The van der Waals surface area contributed by atoms with Crippen molar-refractivity contribution in [2.45, 2.75) is 32.6 Å². The van der Waals surface area contributed by atoms with Gasteiger partial charge in [-0.15, -0.1) is 11.3 Å². The second-order valence-corrected chi connectivity index (χ2v) is 8.64. The van der Waals surface area contributed by atoms with Gasteiger partial charge in [0.25, 0.3) is 11.8 Å². The molecule has 0 saturated carbocycles. The van der Waals surface area contributed by atoms with Crippen LogP contribution in [0.15, 0.2) is 24.3 Å². The van der Waals surface area contributed by atoms with Gasteiger partial charge >= 0.3 is 0 Å². The second kappa shape index (κ2) is 10.2. The summed E-state index contributed by atoms with van der Waals surface area (Å²) in [6.45, 7) is 4.51. The molecule has 0 bridgehead atoms. The van der Waals surface area contributed by atoms with E-state index in [4.69, 9.17) is 14.2 Å². The third kappa shape index (κ3) is 5.02. The van der Waals surface area contributed by atoms with Crippen molar-refractivity contribution < 1.29 is 23.8 Å². The third-order valence-corrected chi connectivity index (χ3v) is 6.65. The minimum atomic E-state index is -0.291. The highest BCUT2D eigenvalue weighted by atomic mass is 32.1. The van der Waals surface area contributed by atoms with Crippen molar-refractivity contribution in [1.29, 1.82) is 0 Å². The van der Waals surface area contributed by atoms with E-state index in [2.05, 4.69) is 5.32 Å². The first-order valence-electron chi connectivity index (χ1n) is 10.8. The number of carbonyl (C=O) groups is 2. The molecule has 2 aliphatic rings. The Morgan fingerprint density at radius 1 is 1.10 bits per heavy atom. The molecule has 0 atom stereocenters. The monoisotopic (exact) mass is 444 g/mol. The van der Waals surface area contributed by atoms with E-state index in [1.165, 1.54) is 16.2 Å². The number of morpholine rings is 1. The van der Waals surface area contributed by atoms with Gasteiger partial charge in [-0.3, -0.25) is 9.59 Å². The highest BCUT2D eigenvalue weighted by molar-refractivity contribution is 7.17. The molecule has 4 rings (SSSR count). The van der Waals surface area contributed by atoms with Gasteiger partial charge in [-0.25, -0.2) is 0 Å². The number of aryl methyl sites for hydroxylation is 1. The Kier molecular flexibility index (Phi) is 7.09. The summed E-state index contributed by atoms with van der Waals surface area (Å²) < 4.78 is 16.6. The first kappa shape index (κ1) is 21.6. The molecule has 1 aromatic carbocycles. The summed E-state index contributed by atoms with van der Waals surface area (Å²) in [6, 6.07) is 7.28. The molecule has 31 heavy (non-hydrogen) atoms. The average molecular weight is 445 g/mol. The SMILES string of the molecule is CCOc1ccccc1OCC(=O)Nc1sc2c(c1C(=O)N1CCOCC1)CCCC2. The molecule has 0 radical (unpaired) electrons. The molecule has 0 unspecified atom stereocenters. The van der Waals surface area contributed by atoms with Crippen LogP contribution in [0.4, 0.5) is 5.00 Å². The van der Waals surface area contributed by atoms with Gasteiger partial charge in [-0.05, 0) is 50.3 Å². The van der Waals surface area contributed by atoms with E-state index in [0.717, 1.165) is 31.2 Å². The number of anilines is 1. The third-order valence-electron chi connectivity index (χ3n) is 5.44. The molecule has 0 spiro atoms. The van der Waals surface area contributed by atoms with E-state index >= 15 is 0 Å². The zero-order valence-corrected chi connectivity index (χ0v) is 18.6. The van der Waals surface area contributed by atoms with Crippen LogP contribution in [-0.4, -0.2) is 56.2 Å². The zero-order chi connectivity index (χ0) is 21.6. The number of carbonyl (C=O) groups excluding carboxylic acids is 2. The molecular formula is C23H28N2O5S. The fraction of sp³-hybridized carbons (Fsp3) is 0.478. The highest BCUT2D eigenvalue weighted by Gasteiger charge is 2.30. The lowest BCUT2D eigenvalue weighted by atomic mass is 9.95. The Hall–Kier alpha value is -2.58. The smallest absolute Gasteiger partial charge is 0.262 e. The second-order valence-electron chi connectivity index (χ2n) is 7.54. The Balaban J connectivity index is 1.49. The molecule has 2 heterocycles. The van der Waals surface area contributed by atoms with E-state index in [1.807, 2.05) is 30.0 Å². The van der Waals surface area contributed by atoms with Gasteiger partial charge < -0.3 is 24.4 Å². The van der Waals surface area contributed by atoms with Crippen molar-refractivity contribution in [1.82, 2.24) is 4.90 Å². The molecule has 7 nitrogen and oxygen atoms in total. The molecule has 166 valence electrons. The van der Waals surface area contributed by atoms with Crippen molar-refractivity contribution in [3.63, 3.8) is 0 Å². The summed E-state index contributed by atoms with van der Waals surface area (Å²) >= 11 is 1.52. The number of amides is 2. The molecular weight excluding hydrogens is 416 g/mol. The van der Waals surface area contributed by atoms with E-state index in [9.17, 15) is 9.59 Å². The zero-order valence-electron chi connectivity index (χ0n) is 17.8. The number of nitrogens with zero attached hydrogens (tertiary/aromatic N) is 1. The summed E-state index contributed by atoms with van der Waals surface area (Å²) in [4.78, 5) is 29.0. The first-order chi connectivity index (χ1) is 15.2. The van der Waals surface area contributed by atoms with E-state index in [1.54, 1.807) is 6.07 Å². The molecule has 1 aliphatic heterocycles. The average Bonchev–Trinajstić information content (AvgIpc) is 3.16. The number of para-hydroxylation sites is 2. The van der Waals surface area contributed by atoms with Gasteiger partial charge in [0.05, 0.1) is 25.4 Å². The number of benzene rings is 1.